The van der Waals surface area contributed by atoms with E-state index in [9.17, 15) is 14.4 Å². The number of benzene rings is 2. The maximum absolute atomic E-state index is 14.1. The summed E-state index contributed by atoms with van der Waals surface area (Å²) < 4.78 is 25.1. The van der Waals surface area contributed by atoms with E-state index in [-0.39, 0.29) is 23.0 Å². The van der Waals surface area contributed by atoms with Crippen LogP contribution in [0, 0.1) is 34.4 Å². The molecule has 28 heavy (non-hydrogen) atoms. The van der Waals surface area contributed by atoms with E-state index >= 15 is 0 Å². The van der Waals surface area contributed by atoms with E-state index in [2.05, 4.69) is 15.9 Å². The summed E-state index contributed by atoms with van der Waals surface area (Å²) in [4.78, 5) is 14.3. The van der Waals surface area contributed by atoms with Crippen LogP contribution >= 0.6 is 15.9 Å². The molecular formula is C22H19BrFNO3. The van der Waals surface area contributed by atoms with Crippen LogP contribution in [-0.4, -0.2) is 5.97 Å². The molecule has 3 atom stereocenters. The summed E-state index contributed by atoms with van der Waals surface area (Å²) in [6.07, 6.45) is 0.757. The molecule has 1 saturated carbocycles. The fraction of sp³-hybridized carbons (Fsp3) is 0.273. The summed E-state index contributed by atoms with van der Waals surface area (Å²) in [5.41, 5.74) is 0.125. The summed E-state index contributed by atoms with van der Waals surface area (Å²) in [6, 6.07) is 14.7. The van der Waals surface area contributed by atoms with E-state index in [0.717, 1.165) is 0 Å². The minimum atomic E-state index is -1.14. The van der Waals surface area contributed by atoms with Gasteiger partial charge in [-0.3, -0.25) is 4.79 Å². The van der Waals surface area contributed by atoms with E-state index in [0.29, 0.717) is 11.3 Å². The Labute approximate surface area is 171 Å². The van der Waals surface area contributed by atoms with Crippen molar-refractivity contribution >= 4 is 21.9 Å². The maximum Gasteiger partial charge on any atom is 0.311 e. The van der Waals surface area contributed by atoms with E-state index < -0.39 is 17.9 Å². The summed E-state index contributed by atoms with van der Waals surface area (Å²) >= 11 is 3.23. The second kappa shape index (κ2) is 8.15. The van der Waals surface area contributed by atoms with Crippen molar-refractivity contribution in [1.29, 1.82) is 5.26 Å². The number of halogens is 2. The first-order valence-electron chi connectivity index (χ1n) is 8.78. The topological polar surface area (TPSA) is 59.3 Å². The lowest BCUT2D eigenvalue weighted by molar-refractivity contribution is -0.149. The van der Waals surface area contributed by atoms with Crippen LogP contribution in [0.5, 0.6) is 11.5 Å². The maximum atomic E-state index is 14.1. The normalized spacial score (nSPS) is 21.0. The minimum absolute atomic E-state index is 0.0353. The van der Waals surface area contributed by atoms with Gasteiger partial charge in [0.25, 0.3) is 0 Å². The number of hydrogen-bond donors (Lipinski definition) is 0. The Morgan fingerprint density at radius 2 is 2.00 bits per heavy atom. The van der Waals surface area contributed by atoms with Crippen LogP contribution in [0.2, 0.25) is 0 Å². The Hall–Kier alpha value is -2.65. The number of allylic oxidation sites excluding steroid dienone is 1. The number of carbonyl (C=O) groups excluding carboxylic acids is 1. The zero-order chi connectivity index (χ0) is 20.3. The molecule has 0 amide bonds. The van der Waals surface area contributed by atoms with Gasteiger partial charge in [0.05, 0.1) is 5.92 Å². The molecule has 0 heterocycles. The molecule has 0 bridgehead atoms. The highest BCUT2D eigenvalue weighted by atomic mass is 79.9. The molecule has 1 aliphatic carbocycles. The Morgan fingerprint density at radius 1 is 1.29 bits per heavy atom. The molecule has 0 aromatic heterocycles. The Balaban J connectivity index is 1.77. The number of ether oxygens (including phenoxy) is 2. The average Bonchev–Trinajstić information content (AvgIpc) is 3.23. The van der Waals surface area contributed by atoms with Gasteiger partial charge in [-0.15, -0.1) is 0 Å². The van der Waals surface area contributed by atoms with E-state index in [4.69, 9.17) is 9.47 Å². The zero-order valence-corrected chi connectivity index (χ0v) is 17.0. The van der Waals surface area contributed by atoms with E-state index in [1.807, 2.05) is 32.1 Å². The molecule has 6 heteroatoms. The van der Waals surface area contributed by atoms with Crippen molar-refractivity contribution in [2.24, 2.45) is 17.3 Å². The first-order chi connectivity index (χ1) is 13.4. The fourth-order valence-electron chi connectivity index (χ4n) is 3.30. The number of para-hydroxylation sites is 1. The molecule has 1 unspecified atom stereocenters. The number of nitriles is 1. The van der Waals surface area contributed by atoms with Gasteiger partial charge < -0.3 is 9.47 Å². The summed E-state index contributed by atoms with van der Waals surface area (Å²) in [5, 5.41) is 9.50. The van der Waals surface area contributed by atoms with Crippen molar-refractivity contribution in [3.63, 3.8) is 0 Å². The van der Waals surface area contributed by atoms with Crippen molar-refractivity contribution in [3.05, 3.63) is 71.0 Å². The third-order valence-electron chi connectivity index (χ3n) is 5.02. The Kier molecular flexibility index (Phi) is 5.85. The molecule has 0 radical (unpaired) electrons. The number of rotatable bonds is 6. The lowest BCUT2D eigenvalue weighted by Crippen LogP contribution is -2.14. The third-order valence-corrected chi connectivity index (χ3v) is 5.33. The van der Waals surface area contributed by atoms with Gasteiger partial charge in [-0.2, -0.15) is 5.26 Å². The summed E-state index contributed by atoms with van der Waals surface area (Å²) in [7, 11) is 0. The number of hydrogen-bond acceptors (Lipinski definition) is 4. The van der Waals surface area contributed by atoms with Crippen LogP contribution in [0.25, 0.3) is 0 Å². The molecule has 0 N–H and O–H groups in total. The molecular weight excluding hydrogens is 425 g/mol. The molecule has 0 spiro atoms. The van der Waals surface area contributed by atoms with Crippen LogP contribution in [0.15, 0.2) is 59.6 Å². The van der Waals surface area contributed by atoms with Crippen molar-refractivity contribution in [2.75, 3.05) is 0 Å². The second-order valence-corrected chi connectivity index (χ2v) is 7.72. The van der Waals surface area contributed by atoms with Gasteiger partial charge in [0.15, 0.2) is 11.6 Å². The first kappa shape index (κ1) is 20.1. The Morgan fingerprint density at radius 3 is 2.64 bits per heavy atom. The van der Waals surface area contributed by atoms with Crippen LogP contribution in [0.3, 0.4) is 0 Å². The lowest BCUT2D eigenvalue weighted by atomic mass is 10.1. The smallest absolute Gasteiger partial charge is 0.311 e. The molecule has 144 valence electrons. The molecule has 0 saturated heterocycles. The standard InChI is InChI=1S/C22H19BrFNO3/c1-22(2)16(10-11-23)20(22)21(26)28-19(13-25)14-8-9-17(24)18(12-14)27-15-6-4-3-5-7-15/h3-12,16,19-20H,1-2H3/t16-,19?,20+/m1/s1. The van der Waals surface area contributed by atoms with E-state index in [1.54, 1.807) is 29.3 Å². The van der Waals surface area contributed by atoms with Crippen molar-refractivity contribution in [2.45, 2.75) is 20.0 Å². The SMILES string of the molecule is CC1(C)[C@H](C=CBr)[C@H]1C(=O)OC(C#N)c1ccc(F)c(Oc2ccccc2)c1. The predicted molar refractivity (Wildman–Crippen MR) is 106 cm³/mol. The largest absolute Gasteiger partial charge is 0.454 e. The van der Waals surface area contributed by atoms with Crippen molar-refractivity contribution in [3.8, 4) is 17.6 Å². The van der Waals surface area contributed by atoms with E-state index in [1.165, 1.54) is 18.2 Å². The zero-order valence-electron chi connectivity index (χ0n) is 15.4. The highest BCUT2D eigenvalue weighted by Crippen LogP contribution is 2.59. The molecule has 2 aromatic rings. The number of carbonyl (C=O) groups is 1. The molecule has 3 rings (SSSR count). The molecule has 0 aliphatic heterocycles. The quantitative estimate of drug-likeness (QED) is 0.520. The fourth-order valence-corrected chi connectivity index (χ4v) is 3.63. The van der Waals surface area contributed by atoms with Crippen molar-refractivity contribution in [1.82, 2.24) is 0 Å². The van der Waals surface area contributed by atoms with Crippen LogP contribution in [-0.2, 0) is 9.53 Å². The second-order valence-electron chi connectivity index (χ2n) is 7.19. The molecule has 4 nitrogen and oxygen atoms in total. The number of nitrogens with zero attached hydrogens (tertiary/aromatic N) is 1. The molecule has 2 aromatic carbocycles. The van der Waals surface area contributed by atoms with Gasteiger partial charge in [-0.25, -0.2) is 4.39 Å². The van der Waals surface area contributed by atoms with Gasteiger partial charge in [0.1, 0.15) is 11.8 Å². The molecule has 1 fully saturated rings. The monoisotopic (exact) mass is 443 g/mol. The van der Waals surface area contributed by atoms with Crippen LogP contribution in [0.1, 0.15) is 25.5 Å². The molecule has 1 aliphatic rings. The highest BCUT2D eigenvalue weighted by molar-refractivity contribution is 9.11. The van der Waals surface area contributed by atoms with Gasteiger partial charge >= 0.3 is 5.97 Å². The van der Waals surface area contributed by atoms with Crippen molar-refractivity contribution < 1.29 is 18.7 Å². The Bertz CT molecular complexity index is 937. The average molecular weight is 444 g/mol. The third kappa shape index (κ3) is 4.10. The van der Waals surface area contributed by atoms with Gasteiger partial charge in [-0.1, -0.05) is 60.1 Å². The van der Waals surface area contributed by atoms with Gasteiger partial charge in [0, 0.05) is 5.56 Å². The van der Waals surface area contributed by atoms with Crippen LogP contribution < -0.4 is 4.74 Å². The first-order valence-corrected chi connectivity index (χ1v) is 9.69. The minimum Gasteiger partial charge on any atom is -0.454 e. The summed E-state index contributed by atoms with van der Waals surface area (Å²) in [5.74, 6) is -0.856. The van der Waals surface area contributed by atoms with Gasteiger partial charge in [0.2, 0.25) is 6.10 Å². The summed E-state index contributed by atoms with van der Waals surface area (Å²) in [6.45, 7) is 3.95. The number of esters is 1. The predicted octanol–water partition coefficient (Wildman–Crippen LogP) is 5.91. The lowest BCUT2D eigenvalue weighted by Gasteiger charge is -2.14. The van der Waals surface area contributed by atoms with Gasteiger partial charge in [-0.05, 0) is 40.6 Å². The highest BCUT2D eigenvalue weighted by Gasteiger charge is 2.61. The van der Waals surface area contributed by atoms with Crippen LogP contribution in [0.4, 0.5) is 4.39 Å².